The average molecular weight is 1070 g/mol. The quantitative estimate of drug-likeness (QED) is 0.0154. The number of unbranched alkanes of at least 4 members (excludes halogenated alkanes) is 5. The van der Waals surface area contributed by atoms with Crippen LogP contribution in [0.4, 0.5) is 5.82 Å². The molecule has 1 fully saturated rings. The molecule has 1 aliphatic heterocycles. The van der Waals surface area contributed by atoms with Gasteiger partial charge in [-0.05, 0) is 102 Å². The second-order valence-electron chi connectivity index (χ2n) is 17.1. The summed E-state index contributed by atoms with van der Waals surface area (Å²) in [5.41, 5.74) is 4.57. The van der Waals surface area contributed by atoms with Crippen molar-refractivity contribution in [2.24, 2.45) is 0 Å². The minimum Gasteiger partial charge on any atom is -0.462 e. The molecule has 1 aliphatic rings. The number of hydrogen-bond acceptors (Lipinski definition) is 16. The number of phosphoric ester groups is 2. The van der Waals surface area contributed by atoms with Gasteiger partial charge in [0.05, 0.1) is 19.3 Å². The van der Waals surface area contributed by atoms with Crippen molar-refractivity contribution < 1.29 is 71.4 Å². The fourth-order valence-electron chi connectivity index (χ4n) is 6.69. The summed E-state index contributed by atoms with van der Waals surface area (Å²) in [6.07, 6.45) is 40.2. The Balaban J connectivity index is 1.86. The number of nitrogens with two attached hydrogens (primary N) is 1. The van der Waals surface area contributed by atoms with E-state index in [1.54, 1.807) is 0 Å². The van der Waals surface area contributed by atoms with Crippen molar-refractivity contribution in [3.63, 3.8) is 0 Å². The molecule has 410 valence electrons. The molecule has 1 aromatic heterocycles. The van der Waals surface area contributed by atoms with Gasteiger partial charge in [-0.3, -0.25) is 23.2 Å². The van der Waals surface area contributed by atoms with E-state index in [0.717, 1.165) is 75.0 Å². The number of hydrogen-bond donors (Lipinski definition) is 6. The zero-order valence-corrected chi connectivity index (χ0v) is 44.3. The van der Waals surface area contributed by atoms with Crippen LogP contribution in [0.15, 0.2) is 114 Å². The van der Waals surface area contributed by atoms with Crippen LogP contribution in [0, 0.1) is 0 Å². The van der Waals surface area contributed by atoms with E-state index < -0.39 is 83.7 Å². The average Bonchev–Trinajstić information content (AvgIpc) is 3.63. The van der Waals surface area contributed by atoms with Crippen LogP contribution < -0.4 is 11.4 Å². The number of phosphoric acid groups is 2. The van der Waals surface area contributed by atoms with Gasteiger partial charge in [0.15, 0.2) is 12.3 Å². The van der Waals surface area contributed by atoms with Crippen LogP contribution in [0.25, 0.3) is 0 Å². The van der Waals surface area contributed by atoms with Crippen molar-refractivity contribution in [2.45, 2.75) is 173 Å². The van der Waals surface area contributed by atoms with E-state index in [4.69, 9.17) is 29.0 Å². The van der Waals surface area contributed by atoms with E-state index in [2.05, 4.69) is 83.1 Å². The fraction of sp³-hybridized carbons (Fsp3) is 0.577. The summed E-state index contributed by atoms with van der Waals surface area (Å²) in [5, 5.41) is 30.5. The van der Waals surface area contributed by atoms with Crippen LogP contribution in [0.3, 0.4) is 0 Å². The van der Waals surface area contributed by atoms with E-state index in [-0.39, 0.29) is 24.8 Å². The van der Waals surface area contributed by atoms with Crippen molar-refractivity contribution in [2.75, 3.05) is 25.6 Å². The Kier molecular flexibility index (Phi) is 34.7. The van der Waals surface area contributed by atoms with Crippen molar-refractivity contribution in [3.05, 3.63) is 120 Å². The zero-order valence-electron chi connectivity index (χ0n) is 42.5. The molecule has 1 aromatic rings. The Bertz CT molecular complexity index is 2120. The van der Waals surface area contributed by atoms with Gasteiger partial charge in [-0.2, -0.15) is 9.29 Å². The predicted octanol–water partition coefficient (Wildman–Crippen LogP) is 9.41. The maximum atomic E-state index is 12.8. The number of carbonyl (C=O) groups is 2. The van der Waals surface area contributed by atoms with E-state index in [1.807, 2.05) is 37.3 Å². The SMILES string of the molecule is CCCCC/C=C\C/C=C\C/C=C\C/C=C\CCCC(=O)O[C@H](COC(=O)CCC/C=C\C/C=C\C/C=C\C/C=C\CC[C@@H](O)CC)COP(=O)(O)OP(=O)(O)OC[C@H]1O[C@@H](n2ccc(N)nc2=O)[C@H](O)[C@@H]1O. The first-order chi connectivity index (χ1) is 35.1. The molecule has 0 amide bonds. The number of ether oxygens (including phenoxy) is 3. The van der Waals surface area contributed by atoms with Crippen LogP contribution in [0.2, 0.25) is 0 Å². The standard InChI is InChI=1S/C52H81N3O16P2/c1-3-5-6-7-8-9-10-11-12-13-14-19-22-25-28-31-34-37-48(58)69-44(40-66-47(57)36-33-30-27-24-21-18-16-15-17-20-23-26-29-32-35-43(56)4-2)41-67-72(62,63)71-73(64,65)68-42-45-49(59)50(60)51(70-45)55-39-38-46(53)54-52(55)61/h8-9,11-12,14,16-20,24-29,38-39,43-45,49-51,56,59-60H,3-7,10,13,15,21-23,30-37,40-42H2,1-2H3,(H,62,63)(H,64,65)(H2,53,54,61)/b9-8-,12-11-,18-16-,19-14-,20-17-,27-24-,28-25-,29-26-/t43-,44+,45+,49+,50+,51+/m0/s1. The third-order valence-electron chi connectivity index (χ3n) is 10.8. The van der Waals surface area contributed by atoms with E-state index in [0.29, 0.717) is 25.7 Å². The molecule has 7 N–H and O–H groups in total. The maximum Gasteiger partial charge on any atom is 0.481 e. The number of esters is 2. The minimum absolute atomic E-state index is 0.0205. The number of rotatable bonds is 40. The zero-order chi connectivity index (χ0) is 53.6. The highest BCUT2D eigenvalue weighted by atomic mass is 31.3. The fourth-order valence-corrected chi connectivity index (χ4v) is 8.80. The van der Waals surface area contributed by atoms with Gasteiger partial charge in [0.2, 0.25) is 0 Å². The molecule has 21 heteroatoms. The molecule has 73 heavy (non-hydrogen) atoms. The normalized spacial score (nSPS) is 20.2. The first-order valence-electron chi connectivity index (χ1n) is 25.3. The lowest BCUT2D eigenvalue weighted by atomic mass is 10.1. The van der Waals surface area contributed by atoms with Crippen LogP contribution in [-0.4, -0.2) is 96.9 Å². The minimum atomic E-state index is -5.46. The highest BCUT2D eigenvalue weighted by Gasteiger charge is 2.46. The number of allylic oxidation sites excluding steroid dienone is 16. The summed E-state index contributed by atoms with van der Waals surface area (Å²) in [7, 11) is -10.9. The summed E-state index contributed by atoms with van der Waals surface area (Å²) in [5.74, 6) is -1.47. The number of anilines is 1. The van der Waals surface area contributed by atoms with E-state index in [1.165, 1.54) is 25.3 Å². The lowest BCUT2D eigenvalue weighted by Gasteiger charge is -2.21. The molecule has 0 aromatic carbocycles. The Morgan fingerprint density at radius 3 is 1.73 bits per heavy atom. The molecule has 8 atom stereocenters. The molecule has 19 nitrogen and oxygen atoms in total. The van der Waals surface area contributed by atoms with E-state index >= 15 is 0 Å². The van der Waals surface area contributed by atoms with Crippen molar-refractivity contribution in [1.82, 2.24) is 9.55 Å². The number of aromatic nitrogens is 2. The molecule has 2 heterocycles. The molecule has 2 rings (SSSR count). The number of carbonyl (C=O) groups excluding carboxylic acids is 2. The highest BCUT2D eigenvalue weighted by Crippen LogP contribution is 2.60. The molecule has 0 spiro atoms. The second kappa shape index (κ2) is 39.1. The van der Waals surface area contributed by atoms with Crippen LogP contribution >= 0.6 is 15.6 Å². The first kappa shape index (κ1) is 64.8. The summed E-state index contributed by atoms with van der Waals surface area (Å²) < 4.78 is 56.6. The summed E-state index contributed by atoms with van der Waals surface area (Å²) in [6, 6.07) is 1.24. The monoisotopic (exact) mass is 1070 g/mol. The summed E-state index contributed by atoms with van der Waals surface area (Å²) >= 11 is 0. The Morgan fingerprint density at radius 2 is 1.21 bits per heavy atom. The van der Waals surface area contributed by atoms with Crippen molar-refractivity contribution in [1.29, 1.82) is 0 Å². The summed E-state index contributed by atoms with van der Waals surface area (Å²) in [6.45, 7) is 1.72. The first-order valence-corrected chi connectivity index (χ1v) is 28.3. The number of nitrogens with zero attached hydrogens (tertiary/aromatic N) is 2. The van der Waals surface area contributed by atoms with Crippen LogP contribution in [0.5, 0.6) is 0 Å². The molecule has 0 saturated carbocycles. The van der Waals surface area contributed by atoms with Gasteiger partial charge in [-0.15, -0.1) is 0 Å². The highest BCUT2D eigenvalue weighted by molar-refractivity contribution is 7.61. The van der Waals surface area contributed by atoms with Gasteiger partial charge in [0, 0.05) is 19.0 Å². The number of nitrogen functional groups attached to an aromatic ring is 1. The van der Waals surface area contributed by atoms with Gasteiger partial charge in [0.25, 0.3) is 0 Å². The van der Waals surface area contributed by atoms with Crippen molar-refractivity contribution >= 4 is 33.4 Å². The maximum absolute atomic E-state index is 12.8. The van der Waals surface area contributed by atoms with Gasteiger partial charge in [-0.1, -0.05) is 124 Å². The largest absolute Gasteiger partial charge is 0.481 e. The Morgan fingerprint density at radius 1 is 0.712 bits per heavy atom. The van der Waals surface area contributed by atoms with Gasteiger partial charge in [-0.25, -0.2) is 13.9 Å². The van der Waals surface area contributed by atoms with Gasteiger partial charge < -0.3 is 45.1 Å². The molecular weight excluding hydrogens is 985 g/mol. The topological polar surface area (TPSA) is 286 Å². The number of aliphatic hydroxyl groups excluding tert-OH is 3. The molecule has 2 unspecified atom stereocenters. The van der Waals surface area contributed by atoms with Crippen LogP contribution in [0.1, 0.15) is 142 Å². The van der Waals surface area contributed by atoms with Crippen LogP contribution in [-0.2, 0) is 46.3 Å². The molecule has 0 radical (unpaired) electrons. The Hall–Kier alpha value is -4.36. The summed E-state index contributed by atoms with van der Waals surface area (Å²) in [4.78, 5) is 61.9. The molecule has 0 aliphatic carbocycles. The Labute approximate surface area is 431 Å². The molecular formula is C52H81N3O16P2. The lowest BCUT2D eigenvalue weighted by Crippen LogP contribution is -2.36. The molecule has 1 saturated heterocycles. The van der Waals surface area contributed by atoms with Gasteiger partial charge in [0.1, 0.15) is 30.7 Å². The third kappa shape index (κ3) is 31.9. The number of aliphatic hydroxyl groups is 3. The van der Waals surface area contributed by atoms with E-state index in [9.17, 15) is 48.6 Å². The van der Waals surface area contributed by atoms with Crippen molar-refractivity contribution in [3.8, 4) is 0 Å². The lowest BCUT2D eigenvalue weighted by molar-refractivity contribution is -0.161. The smallest absolute Gasteiger partial charge is 0.462 e. The molecule has 0 bridgehead atoms. The third-order valence-corrected chi connectivity index (χ3v) is 13.4. The predicted molar refractivity (Wildman–Crippen MR) is 281 cm³/mol. The van der Waals surface area contributed by atoms with Gasteiger partial charge >= 0.3 is 33.3 Å². The second-order valence-corrected chi connectivity index (χ2v) is 20.1.